The number of hydrogen-bond donors (Lipinski definition) is 1. The molecular formula is C15H26N2O2. The van der Waals surface area contributed by atoms with E-state index in [0.29, 0.717) is 6.61 Å². The van der Waals surface area contributed by atoms with Crippen molar-refractivity contribution in [1.82, 2.24) is 10.3 Å². The summed E-state index contributed by atoms with van der Waals surface area (Å²) in [4.78, 5) is 4.25. The smallest absolute Gasteiger partial charge is 0.137 e. The Morgan fingerprint density at radius 2 is 2.05 bits per heavy atom. The maximum Gasteiger partial charge on any atom is 0.137 e. The fourth-order valence-electron chi connectivity index (χ4n) is 1.92. The van der Waals surface area contributed by atoms with E-state index in [9.17, 15) is 0 Å². The van der Waals surface area contributed by atoms with Crippen molar-refractivity contribution in [2.24, 2.45) is 0 Å². The van der Waals surface area contributed by atoms with Gasteiger partial charge in [-0.2, -0.15) is 0 Å². The highest BCUT2D eigenvalue weighted by molar-refractivity contribution is 5.26. The van der Waals surface area contributed by atoms with Crippen molar-refractivity contribution in [2.75, 3.05) is 26.4 Å². The van der Waals surface area contributed by atoms with Crippen LogP contribution in [0.5, 0.6) is 5.75 Å². The molecule has 0 saturated carbocycles. The van der Waals surface area contributed by atoms with E-state index in [1.165, 1.54) is 5.56 Å². The van der Waals surface area contributed by atoms with Gasteiger partial charge in [-0.05, 0) is 44.9 Å². The number of nitrogens with zero attached hydrogens (tertiary/aromatic N) is 1. The Morgan fingerprint density at radius 1 is 1.21 bits per heavy atom. The van der Waals surface area contributed by atoms with E-state index in [4.69, 9.17) is 9.47 Å². The Morgan fingerprint density at radius 3 is 2.74 bits per heavy atom. The van der Waals surface area contributed by atoms with Crippen LogP contribution in [0.15, 0.2) is 18.5 Å². The Balaban J connectivity index is 2.68. The van der Waals surface area contributed by atoms with Gasteiger partial charge < -0.3 is 14.8 Å². The number of aromatic nitrogens is 1. The largest absolute Gasteiger partial charge is 0.492 e. The van der Waals surface area contributed by atoms with Crippen molar-refractivity contribution in [3.05, 3.63) is 24.0 Å². The molecule has 108 valence electrons. The molecule has 0 bridgehead atoms. The summed E-state index contributed by atoms with van der Waals surface area (Å²) < 4.78 is 11.0. The van der Waals surface area contributed by atoms with Gasteiger partial charge in [0, 0.05) is 25.5 Å². The SMILES string of the molecule is CCCNC(CCOCC)c1cncc(OCC)c1. The molecule has 0 aliphatic rings. The normalized spacial score (nSPS) is 12.4. The average molecular weight is 266 g/mol. The predicted molar refractivity (Wildman–Crippen MR) is 77.6 cm³/mol. The van der Waals surface area contributed by atoms with E-state index in [1.54, 1.807) is 6.20 Å². The molecule has 0 amide bonds. The fraction of sp³-hybridized carbons (Fsp3) is 0.667. The van der Waals surface area contributed by atoms with Crippen molar-refractivity contribution < 1.29 is 9.47 Å². The van der Waals surface area contributed by atoms with E-state index in [-0.39, 0.29) is 6.04 Å². The lowest BCUT2D eigenvalue weighted by molar-refractivity contribution is 0.136. The third-order valence-electron chi connectivity index (χ3n) is 2.84. The monoisotopic (exact) mass is 266 g/mol. The molecule has 0 aliphatic carbocycles. The third kappa shape index (κ3) is 6.03. The van der Waals surface area contributed by atoms with Gasteiger partial charge in [-0.3, -0.25) is 4.98 Å². The van der Waals surface area contributed by atoms with Crippen LogP contribution < -0.4 is 10.1 Å². The van der Waals surface area contributed by atoms with Gasteiger partial charge in [0.2, 0.25) is 0 Å². The lowest BCUT2D eigenvalue weighted by Crippen LogP contribution is -2.23. The molecule has 1 heterocycles. The molecule has 0 radical (unpaired) electrons. The summed E-state index contributed by atoms with van der Waals surface area (Å²) in [6, 6.07) is 2.34. The van der Waals surface area contributed by atoms with Gasteiger partial charge >= 0.3 is 0 Å². The second kappa shape index (κ2) is 9.75. The van der Waals surface area contributed by atoms with Crippen LogP contribution in [0.1, 0.15) is 45.2 Å². The Labute approximate surface area is 116 Å². The maximum absolute atomic E-state index is 5.51. The molecule has 0 fully saturated rings. The predicted octanol–water partition coefficient (Wildman–Crippen LogP) is 2.95. The topological polar surface area (TPSA) is 43.4 Å². The molecule has 1 rings (SSSR count). The Kier molecular flexibility index (Phi) is 8.18. The zero-order chi connectivity index (χ0) is 13.9. The zero-order valence-corrected chi connectivity index (χ0v) is 12.3. The molecule has 19 heavy (non-hydrogen) atoms. The first kappa shape index (κ1) is 15.9. The van der Waals surface area contributed by atoms with Crippen molar-refractivity contribution in [1.29, 1.82) is 0 Å². The van der Waals surface area contributed by atoms with Gasteiger partial charge in [-0.25, -0.2) is 0 Å². The van der Waals surface area contributed by atoms with Crippen molar-refractivity contribution in [2.45, 2.75) is 39.7 Å². The summed E-state index contributed by atoms with van der Waals surface area (Å²) >= 11 is 0. The lowest BCUT2D eigenvalue weighted by Gasteiger charge is -2.19. The first-order chi connectivity index (χ1) is 9.31. The summed E-state index contributed by atoms with van der Waals surface area (Å²) in [5, 5.41) is 3.54. The molecule has 0 spiro atoms. The minimum absolute atomic E-state index is 0.277. The van der Waals surface area contributed by atoms with Crippen LogP contribution in [-0.4, -0.2) is 31.3 Å². The van der Waals surface area contributed by atoms with Gasteiger partial charge in [0.15, 0.2) is 0 Å². The second-order valence-electron chi connectivity index (χ2n) is 4.38. The molecule has 1 N–H and O–H groups in total. The Hall–Kier alpha value is -1.13. The summed E-state index contributed by atoms with van der Waals surface area (Å²) in [5.41, 5.74) is 1.17. The molecular weight excluding hydrogens is 240 g/mol. The molecule has 1 aromatic heterocycles. The molecule has 0 aliphatic heterocycles. The standard InChI is InChI=1S/C15H26N2O2/c1-4-8-17-15(7-9-18-5-2)13-10-14(19-6-3)12-16-11-13/h10-12,15,17H,4-9H2,1-3H3. The Bertz CT molecular complexity index is 345. The van der Waals surface area contributed by atoms with Crippen LogP contribution >= 0.6 is 0 Å². The van der Waals surface area contributed by atoms with Crippen molar-refractivity contribution in [3.63, 3.8) is 0 Å². The zero-order valence-electron chi connectivity index (χ0n) is 12.3. The summed E-state index contributed by atoms with van der Waals surface area (Å²) in [7, 11) is 0. The van der Waals surface area contributed by atoms with Crippen LogP contribution in [0.2, 0.25) is 0 Å². The third-order valence-corrected chi connectivity index (χ3v) is 2.84. The van der Waals surface area contributed by atoms with E-state index in [1.807, 2.05) is 20.0 Å². The van der Waals surface area contributed by atoms with Crippen LogP contribution in [0.25, 0.3) is 0 Å². The number of pyridine rings is 1. The average Bonchev–Trinajstić information content (AvgIpc) is 2.43. The maximum atomic E-state index is 5.51. The highest BCUT2D eigenvalue weighted by Crippen LogP contribution is 2.20. The van der Waals surface area contributed by atoms with Gasteiger partial charge in [0.05, 0.1) is 12.8 Å². The van der Waals surface area contributed by atoms with Crippen LogP contribution in [0.4, 0.5) is 0 Å². The lowest BCUT2D eigenvalue weighted by atomic mass is 10.1. The summed E-state index contributed by atoms with van der Waals surface area (Å²) in [5.74, 6) is 0.833. The molecule has 4 nitrogen and oxygen atoms in total. The van der Waals surface area contributed by atoms with Crippen molar-refractivity contribution >= 4 is 0 Å². The number of nitrogens with one attached hydrogen (secondary N) is 1. The number of hydrogen-bond acceptors (Lipinski definition) is 4. The number of rotatable bonds is 10. The highest BCUT2D eigenvalue weighted by atomic mass is 16.5. The van der Waals surface area contributed by atoms with Crippen LogP contribution in [0.3, 0.4) is 0 Å². The van der Waals surface area contributed by atoms with Gasteiger partial charge in [0.25, 0.3) is 0 Å². The van der Waals surface area contributed by atoms with E-state index >= 15 is 0 Å². The first-order valence-corrected chi connectivity index (χ1v) is 7.20. The molecule has 1 atom stereocenters. The van der Waals surface area contributed by atoms with Crippen LogP contribution in [-0.2, 0) is 4.74 Å². The van der Waals surface area contributed by atoms with E-state index in [0.717, 1.165) is 38.3 Å². The molecule has 1 aromatic rings. The van der Waals surface area contributed by atoms with E-state index in [2.05, 4.69) is 23.3 Å². The summed E-state index contributed by atoms with van der Waals surface area (Å²) in [6.07, 6.45) is 5.73. The molecule has 0 aromatic carbocycles. The van der Waals surface area contributed by atoms with E-state index < -0.39 is 0 Å². The summed E-state index contributed by atoms with van der Waals surface area (Å²) in [6.45, 7) is 9.35. The van der Waals surface area contributed by atoms with Gasteiger partial charge in [-0.15, -0.1) is 0 Å². The minimum atomic E-state index is 0.277. The minimum Gasteiger partial charge on any atom is -0.492 e. The van der Waals surface area contributed by atoms with Gasteiger partial charge in [-0.1, -0.05) is 6.92 Å². The second-order valence-corrected chi connectivity index (χ2v) is 4.38. The first-order valence-electron chi connectivity index (χ1n) is 7.20. The molecule has 1 unspecified atom stereocenters. The highest BCUT2D eigenvalue weighted by Gasteiger charge is 2.11. The molecule has 4 heteroatoms. The van der Waals surface area contributed by atoms with Gasteiger partial charge in [0.1, 0.15) is 5.75 Å². The fourth-order valence-corrected chi connectivity index (χ4v) is 1.92. The molecule has 0 saturated heterocycles. The number of ether oxygens (including phenoxy) is 2. The van der Waals surface area contributed by atoms with Crippen LogP contribution in [0, 0.1) is 0 Å². The quantitative estimate of drug-likeness (QED) is 0.661. The van der Waals surface area contributed by atoms with Crippen molar-refractivity contribution in [3.8, 4) is 5.75 Å².